The van der Waals surface area contributed by atoms with Gasteiger partial charge in [-0.1, -0.05) is 6.07 Å². The van der Waals surface area contributed by atoms with E-state index < -0.39 is 0 Å². The Morgan fingerprint density at radius 1 is 1.40 bits per heavy atom. The van der Waals surface area contributed by atoms with Crippen LogP contribution >= 0.6 is 0 Å². The van der Waals surface area contributed by atoms with Crippen LogP contribution in [0, 0.1) is 0 Å². The van der Waals surface area contributed by atoms with Crippen LogP contribution in [0.4, 0.5) is 0 Å². The molecular formula is C7H11N3. The maximum Gasteiger partial charge on any atom is 0.0577 e. The van der Waals surface area contributed by atoms with Crippen LogP contribution in [0.2, 0.25) is 0 Å². The Hall–Kier alpha value is -0.930. The van der Waals surface area contributed by atoms with Gasteiger partial charge in [0.1, 0.15) is 0 Å². The quantitative estimate of drug-likeness (QED) is 0.558. The van der Waals surface area contributed by atoms with Crippen LogP contribution in [0.1, 0.15) is 5.69 Å². The summed E-state index contributed by atoms with van der Waals surface area (Å²) in [6.45, 7) is 0. The van der Waals surface area contributed by atoms with Gasteiger partial charge in [-0.3, -0.25) is 4.98 Å². The highest BCUT2D eigenvalue weighted by atomic mass is 14.9. The molecule has 0 unspecified atom stereocenters. The molecule has 1 aromatic heterocycles. The van der Waals surface area contributed by atoms with Crippen molar-refractivity contribution < 1.29 is 0 Å². The highest BCUT2D eigenvalue weighted by molar-refractivity contribution is 5.04. The molecule has 0 saturated heterocycles. The zero-order valence-electron chi connectivity index (χ0n) is 5.70. The molecule has 54 valence electrons. The third-order valence-electron chi connectivity index (χ3n) is 1.17. The van der Waals surface area contributed by atoms with E-state index in [-0.39, 0.29) is 6.17 Å². The lowest BCUT2D eigenvalue weighted by atomic mass is 10.2. The van der Waals surface area contributed by atoms with E-state index in [0.717, 1.165) is 5.69 Å². The van der Waals surface area contributed by atoms with Crippen molar-refractivity contribution in [1.82, 2.24) is 4.98 Å². The summed E-state index contributed by atoms with van der Waals surface area (Å²) in [6.07, 6.45) is 2.08. The van der Waals surface area contributed by atoms with Gasteiger partial charge in [0, 0.05) is 18.3 Å². The highest BCUT2D eigenvalue weighted by Crippen LogP contribution is 1.93. The molecule has 0 aliphatic carbocycles. The van der Waals surface area contributed by atoms with E-state index >= 15 is 0 Å². The second kappa shape index (κ2) is 3.29. The highest BCUT2D eigenvalue weighted by Gasteiger charge is 1.95. The average Bonchev–Trinajstić information content (AvgIpc) is 1.88. The number of nitrogens with zero attached hydrogens (tertiary/aromatic N) is 1. The fourth-order valence-electron chi connectivity index (χ4n) is 0.760. The van der Waals surface area contributed by atoms with Crippen molar-refractivity contribution in [2.24, 2.45) is 11.5 Å². The van der Waals surface area contributed by atoms with Crippen LogP contribution in [-0.2, 0) is 6.42 Å². The maximum atomic E-state index is 5.36. The lowest BCUT2D eigenvalue weighted by Crippen LogP contribution is -2.32. The molecule has 3 heteroatoms. The molecular weight excluding hydrogens is 126 g/mol. The summed E-state index contributed by atoms with van der Waals surface area (Å²) in [4.78, 5) is 4.06. The second-order valence-corrected chi connectivity index (χ2v) is 2.19. The molecule has 0 spiro atoms. The van der Waals surface area contributed by atoms with Crippen molar-refractivity contribution in [2.75, 3.05) is 0 Å². The molecule has 1 heterocycles. The molecule has 0 amide bonds. The molecule has 4 N–H and O–H groups in total. The van der Waals surface area contributed by atoms with Crippen molar-refractivity contribution >= 4 is 0 Å². The van der Waals surface area contributed by atoms with Crippen LogP contribution in [-0.4, -0.2) is 11.1 Å². The number of nitrogens with two attached hydrogens (primary N) is 2. The fourth-order valence-corrected chi connectivity index (χ4v) is 0.760. The predicted octanol–water partition coefficient (Wildman–Crippen LogP) is -0.132. The summed E-state index contributed by atoms with van der Waals surface area (Å²) in [7, 11) is 0. The summed E-state index contributed by atoms with van der Waals surface area (Å²) in [5.74, 6) is 0. The minimum absolute atomic E-state index is 0.296. The topological polar surface area (TPSA) is 64.9 Å². The maximum absolute atomic E-state index is 5.36. The fraction of sp³-hybridized carbons (Fsp3) is 0.286. The first-order valence-electron chi connectivity index (χ1n) is 3.20. The van der Waals surface area contributed by atoms with E-state index in [1.165, 1.54) is 0 Å². The number of hydrogen-bond acceptors (Lipinski definition) is 3. The number of aromatic nitrogens is 1. The molecule has 1 aromatic rings. The standard InChI is InChI=1S/C7H11N3/c8-7(9)5-6-3-1-2-4-10-6/h1-4,7H,5,8-9H2. The molecule has 0 aromatic carbocycles. The van der Waals surface area contributed by atoms with E-state index in [1.54, 1.807) is 6.20 Å². The summed E-state index contributed by atoms with van der Waals surface area (Å²) in [5.41, 5.74) is 11.7. The third-order valence-corrected chi connectivity index (χ3v) is 1.17. The monoisotopic (exact) mass is 137 g/mol. The zero-order chi connectivity index (χ0) is 7.40. The van der Waals surface area contributed by atoms with Crippen molar-refractivity contribution in [3.05, 3.63) is 30.1 Å². The largest absolute Gasteiger partial charge is 0.316 e. The average molecular weight is 137 g/mol. The van der Waals surface area contributed by atoms with Gasteiger partial charge in [0.2, 0.25) is 0 Å². The molecule has 10 heavy (non-hydrogen) atoms. The van der Waals surface area contributed by atoms with Crippen molar-refractivity contribution in [3.8, 4) is 0 Å². The molecule has 0 aliphatic heterocycles. The van der Waals surface area contributed by atoms with E-state index in [1.807, 2.05) is 18.2 Å². The minimum Gasteiger partial charge on any atom is -0.316 e. The second-order valence-electron chi connectivity index (χ2n) is 2.19. The smallest absolute Gasteiger partial charge is 0.0577 e. The van der Waals surface area contributed by atoms with E-state index in [9.17, 15) is 0 Å². The summed E-state index contributed by atoms with van der Waals surface area (Å²) in [5, 5.41) is 0. The Kier molecular flexibility index (Phi) is 2.36. The van der Waals surface area contributed by atoms with Gasteiger partial charge < -0.3 is 11.5 Å². The molecule has 0 radical (unpaired) electrons. The van der Waals surface area contributed by atoms with Crippen molar-refractivity contribution in [2.45, 2.75) is 12.6 Å². The van der Waals surface area contributed by atoms with Crippen LogP contribution < -0.4 is 11.5 Å². The minimum atomic E-state index is -0.296. The van der Waals surface area contributed by atoms with Gasteiger partial charge in [0.25, 0.3) is 0 Å². The van der Waals surface area contributed by atoms with Gasteiger partial charge >= 0.3 is 0 Å². The van der Waals surface area contributed by atoms with Crippen LogP contribution in [0.5, 0.6) is 0 Å². The predicted molar refractivity (Wildman–Crippen MR) is 40.1 cm³/mol. The van der Waals surface area contributed by atoms with E-state index in [4.69, 9.17) is 11.5 Å². The molecule has 0 aliphatic rings. The first kappa shape index (κ1) is 7.18. The van der Waals surface area contributed by atoms with Gasteiger partial charge in [0.15, 0.2) is 0 Å². The van der Waals surface area contributed by atoms with Gasteiger partial charge in [0.05, 0.1) is 6.17 Å². The van der Waals surface area contributed by atoms with Gasteiger partial charge in [-0.2, -0.15) is 0 Å². The van der Waals surface area contributed by atoms with Gasteiger partial charge in [-0.15, -0.1) is 0 Å². The number of pyridine rings is 1. The lowest BCUT2D eigenvalue weighted by molar-refractivity contribution is 0.690. The Balaban J connectivity index is 2.59. The molecule has 3 nitrogen and oxygen atoms in total. The Labute approximate surface area is 60.1 Å². The van der Waals surface area contributed by atoms with Crippen molar-refractivity contribution in [1.29, 1.82) is 0 Å². The molecule has 1 rings (SSSR count). The van der Waals surface area contributed by atoms with Crippen LogP contribution in [0.25, 0.3) is 0 Å². The van der Waals surface area contributed by atoms with Gasteiger partial charge in [-0.05, 0) is 12.1 Å². The Morgan fingerprint density at radius 3 is 2.70 bits per heavy atom. The Bertz CT molecular complexity index is 183. The molecule has 0 fully saturated rings. The summed E-state index contributed by atoms with van der Waals surface area (Å²) < 4.78 is 0. The number of hydrogen-bond donors (Lipinski definition) is 2. The van der Waals surface area contributed by atoms with Crippen LogP contribution in [0.15, 0.2) is 24.4 Å². The molecule has 0 atom stereocenters. The van der Waals surface area contributed by atoms with Crippen molar-refractivity contribution in [3.63, 3.8) is 0 Å². The normalized spacial score (nSPS) is 10.3. The Morgan fingerprint density at radius 2 is 2.20 bits per heavy atom. The summed E-state index contributed by atoms with van der Waals surface area (Å²) >= 11 is 0. The lowest BCUT2D eigenvalue weighted by Gasteiger charge is -2.02. The number of rotatable bonds is 2. The summed E-state index contributed by atoms with van der Waals surface area (Å²) in [6, 6.07) is 5.70. The molecule has 0 bridgehead atoms. The third kappa shape index (κ3) is 2.13. The SMILES string of the molecule is NC(N)Cc1ccccn1. The first-order chi connectivity index (χ1) is 4.79. The van der Waals surface area contributed by atoms with Gasteiger partial charge in [-0.25, -0.2) is 0 Å². The van der Waals surface area contributed by atoms with E-state index in [0.29, 0.717) is 6.42 Å². The molecule has 0 saturated carbocycles. The first-order valence-corrected chi connectivity index (χ1v) is 3.20. The van der Waals surface area contributed by atoms with Crippen LogP contribution in [0.3, 0.4) is 0 Å². The zero-order valence-corrected chi connectivity index (χ0v) is 5.70. The van der Waals surface area contributed by atoms with E-state index in [2.05, 4.69) is 4.98 Å².